The SMILES string of the molecule is COc1cc(NC(=O)c2nc3ccc(N4CC5(CCN(C)C5)C4)nc3s2)cn2cc(C)nc12. The van der Waals surface area contributed by atoms with E-state index in [1.54, 1.807) is 13.2 Å². The standard InChI is InChI=1S/C23H25N7O2S/c1-14-9-29-10-15(8-17(32-3)19(29)24-14)25-20(31)22-26-16-4-5-18(27-21(16)33-22)30-12-23(13-30)6-7-28(2)11-23/h4-5,8-10H,6-7,11-13H2,1-3H3,(H,25,31). The van der Waals surface area contributed by atoms with Crippen LogP contribution in [0, 0.1) is 12.3 Å². The number of anilines is 2. The van der Waals surface area contributed by atoms with Crippen molar-refractivity contribution in [3.63, 3.8) is 0 Å². The number of nitrogens with zero attached hydrogens (tertiary/aromatic N) is 6. The number of aromatic nitrogens is 4. The molecule has 170 valence electrons. The van der Waals surface area contributed by atoms with Crippen molar-refractivity contribution in [1.29, 1.82) is 0 Å². The minimum Gasteiger partial charge on any atom is -0.493 e. The average Bonchev–Trinajstić information content (AvgIpc) is 3.47. The van der Waals surface area contributed by atoms with E-state index in [9.17, 15) is 4.79 Å². The number of thiazole rings is 1. The van der Waals surface area contributed by atoms with Gasteiger partial charge < -0.3 is 24.3 Å². The third-order valence-electron chi connectivity index (χ3n) is 6.56. The van der Waals surface area contributed by atoms with Crippen LogP contribution in [0.4, 0.5) is 11.5 Å². The molecule has 0 aliphatic carbocycles. The van der Waals surface area contributed by atoms with Crippen LogP contribution in [0.1, 0.15) is 21.9 Å². The van der Waals surface area contributed by atoms with Gasteiger partial charge in [-0.3, -0.25) is 4.79 Å². The van der Waals surface area contributed by atoms with Crippen molar-refractivity contribution >= 4 is 44.7 Å². The normalized spacial score (nSPS) is 17.7. The molecule has 4 aromatic rings. The predicted octanol–water partition coefficient (Wildman–Crippen LogP) is 3.05. The van der Waals surface area contributed by atoms with Crippen LogP contribution in [-0.2, 0) is 0 Å². The summed E-state index contributed by atoms with van der Waals surface area (Å²) in [6, 6.07) is 5.74. The third kappa shape index (κ3) is 3.50. The topological polar surface area (TPSA) is 87.9 Å². The van der Waals surface area contributed by atoms with Gasteiger partial charge in [0, 0.05) is 43.5 Å². The molecule has 0 aromatic carbocycles. The molecule has 6 heterocycles. The molecule has 33 heavy (non-hydrogen) atoms. The lowest BCUT2D eigenvalue weighted by Gasteiger charge is -2.48. The lowest BCUT2D eigenvalue weighted by atomic mass is 9.79. The van der Waals surface area contributed by atoms with Crippen LogP contribution in [0.25, 0.3) is 16.0 Å². The van der Waals surface area contributed by atoms with Gasteiger partial charge in [-0.15, -0.1) is 0 Å². The number of imidazole rings is 1. The Morgan fingerprint density at radius 3 is 2.79 bits per heavy atom. The lowest BCUT2D eigenvalue weighted by molar-refractivity contribution is 0.102. The number of amides is 1. The van der Waals surface area contributed by atoms with E-state index in [1.165, 1.54) is 24.3 Å². The number of aryl methyl sites for hydroxylation is 1. The Morgan fingerprint density at radius 2 is 2.03 bits per heavy atom. The number of fused-ring (bicyclic) bond motifs is 2. The molecular formula is C23H25N7O2S. The van der Waals surface area contributed by atoms with Crippen LogP contribution in [-0.4, -0.2) is 70.5 Å². The number of rotatable bonds is 4. The van der Waals surface area contributed by atoms with Gasteiger partial charge in [0.15, 0.2) is 16.4 Å². The van der Waals surface area contributed by atoms with Gasteiger partial charge in [0.1, 0.15) is 16.2 Å². The second-order valence-electron chi connectivity index (χ2n) is 9.22. The molecule has 0 bridgehead atoms. The molecule has 1 N–H and O–H groups in total. The number of hydrogen-bond donors (Lipinski definition) is 1. The minimum absolute atomic E-state index is 0.269. The summed E-state index contributed by atoms with van der Waals surface area (Å²) in [5, 5.41) is 3.31. The molecule has 1 spiro atoms. The largest absolute Gasteiger partial charge is 0.493 e. The van der Waals surface area contributed by atoms with E-state index in [4.69, 9.17) is 9.72 Å². The lowest BCUT2D eigenvalue weighted by Crippen LogP contribution is -2.57. The van der Waals surface area contributed by atoms with Gasteiger partial charge in [-0.05, 0) is 39.1 Å². The summed E-state index contributed by atoms with van der Waals surface area (Å²) in [6.07, 6.45) is 4.96. The first kappa shape index (κ1) is 20.4. The number of carbonyl (C=O) groups excluding carboxylic acids is 1. The second kappa shape index (κ2) is 7.39. The van der Waals surface area contributed by atoms with E-state index in [-0.39, 0.29) is 5.91 Å². The maximum atomic E-state index is 12.9. The number of likely N-dealkylation sites (tertiary alicyclic amines) is 1. The molecule has 6 rings (SSSR count). The van der Waals surface area contributed by atoms with Gasteiger partial charge in [0.2, 0.25) is 0 Å². The molecule has 2 fully saturated rings. The Bertz CT molecular complexity index is 1390. The molecule has 0 radical (unpaired) electrons. The summed E-state index contributed by atoms with van der Waals surface area (Å²) in [5.74, 6) is 1.29. The minimum atomic E-state index is -0.269. The fourth-order valence-corrected chi connectivity index (χ4v) is 5.84. The number of carbonyl (C=O) groups is 1. The molecule has 0 atom stereocenters. The quantitative estimate of drug-likeness (QED) is 0.498. The van der Waals surface area contributed by atoms with Crippen LogP contribution < -0.4 is 15.0 Å². The Kier molecular flexibility index (Phi) is 4.56. The van der Waals surface area contributed by atoms with Gasteiger partial charge >= 0.3 is 0 Å². The first-order chi connectivity index (χ1) is 15.9. The molecule has 2 aliphatic rings. The summed E-state index contributed by atoms with van der Waals surface area (Å²) in [4.78, 5) is 32.2. The second-order valence-corrected chi connectivity index (χ2v) is 10.2. The number of nitrogens with one attached hydrogen (secondary N) is 1. The van der Waals surface area contributed by atoms with Gasteiger partial charge in [-0.1, -0.05) is 11.3 Å². The molecular weight excluding hydrogens is 438 g/mol. The Labute approximate surface area is 195 Å². The molecule has 2 aliphatic heterocycles. The van der Waals surface area contributed by atoms with E-state index in [0.29, 0.717) is 27.5 Å². The number of ether oxygens (including phenoxy) is 1. The maximum Gasteiger partial charge on any atom is 0.284 e. The van der Waals surface area contributed by atoms with Crippen LogP contribution in [0.15, 0.2) is 30.6 Å². The van der Waals surface area contributed by atoms with Crippen LogP contribution >= 0.6 is 11.3 Å². The van der Waals surface area contributed by atoms with Crippen LogP contribution in [0.5, 0.6) is 5.75 Å². The maximum absolute atomic E-state index is 12.9. The molecule has 9 nitrogen and oxygen atoms in total. The summed E-state index contributed by atoms with van der Waals surface area (Å²) >= 11 is 1.31. The van der Waals surface area contributed by atoms with Crippen molar-refractivity contribution in [2.24, 2.45) is 5.41 Å². The summed E-state index contributed by atoms with van der Waals surface area (Å²) in [5.41, 5.74) is 3.35. The van der Waals surface area contributed by atoms with Crippen molar-refractivity contribution in [3.8, 4) is 5.75 Å². The monoisotopic (exact) mass is 463 g/mol. The van der Waals surface area contributed by atoms with Gasteiger partial charge in [0.05, 0.1) is 18.5 Å². The van der Waals surface area contributed by atoms with Crippen molar-refractivity contribution in [3.05, 3.63) is 41.3 Å². The number of methoxy groups -OCH3 is 1. The van der Waals surface area contributed by atoms with Crippen LogP contribution in [0.3, 0.4) is 0 Å². The number of hydrogen-bond acceptors (Lipinski definition) is 8. The zero-order chi connectivity index (χ0) is 22.7. The van der Waals surface area contributed by atoms with Gasteiger partial charge in [-0.25, -0.2) is 15.0 Å². The highest BCUT2D eigenvalue weighted by molar-refractivity contribution is 7.20. The highest BCUT2D eigenvalue weighted by Crippen LogP contribution is 2.41. The third-order valence-corrected chi connectivity index (χ3v) is 7.52. The predicted molar refractivity (Wildman–Crippen MR) is 129 cm³/mol. The average molecular weight is 464 g/mol. The van der Waals surface area contributed by atoms with E-state index in [0.717, 1.165) is 41.5 Å². The fraction of sp³-hybridized carbons (Fsp3) is 0.391. The van der Waals surface area contributed by atoms with E-state index in [1.807, 2.05) is 35.9 Å². The van der Waals surface area contributed by atoms with E-state index >= 15 is 0 Å². The molecule has 10 heteroatoms. The van der Waals surface area contributed by atoms with E-state index in [2.05, 4.69) is 32.1 Å². The van der Waals surface area contributed by atoms with Crippen molar-refractivity contribution < 1.29 is 9.53 Å². The molecule has 0 saturated carbocycles. The molecule has 0 unspecified atom stereocenters. The van der Waals surface area contributed by atoms with Gasteiger partial charge in [0.25, 0.3) is 5.91 Å². The molecule has 4 aromatic heterocycles. The first-order valence-electron chi connectivity index (χ1n) is 11.0. The number of pyridine rings is 2. The van der Waals surface area contributed by atoms with Crippen molar-refractivity contribution in [2.45, 2.75) is 13.3 Å². The smallest absolute Gasteiger partial charge is 0.284 e. The Balaban J connectivity index is 1.21. The zero-order valence-corrected chi connectivity index (χ0v) is 19.6. The summed E-state index contributed by atoms with van der Waals surface area (Å²) in [7, 11) is 3.78. The van der Waals surface area contributed by atoms with Gasteiger partial charge in [-0.2, -0.15) is 0 Å². The van der Waals surface area contributed by atoms with E-state index < -0.39 is 0 Å². The summed E-state index contributed by atoms with van der Waals surface area (Å²) in [6.45, 7) is 6.33. The Hall–Kier alpha value is -3.24. The molecule has 2 saturated heterocycles. The zero-order valence-electron chi connectivity index (χ0n) is 18.8. The van der Waals surface area contributed by atoms with Crippen molar-refractivity contribution in [2.75, 3.05) is 50.6 Å². The first-order valence-corrected chi connectivity index (χ1v) is 11.8. The fourth-order valence-electron chi connectivity index (χ4n) is 5.02. The summed E-state index contributed by atoms with van der Waals surface area (Å²) < 4.78 is 7.29. The van der Waals surface area contributed by atoms with Crippen LogP contribution in [0.2, 0.25) is 0 Å². The molecule has 1 amide bonds. The highest BCUT2D eigenvalue weighted by atomic mass is 32.1. The highest BCUT2D eigenvalue weighted by Gasteiger charge is 2.47. The Morgan fingerprint density at radius 1 is 1.18 bits per heavy atom. The van der Waals surface area contributed by atoms with Crippen molar-refractivity contribution in [1.82, 2.24) is 24.3 Å².